The Hall–Kier alpha value is -1.96. The molecule has 1 atom stereocenters. The van der Waals surface area contributed by atoms with Crippen LogP contribution in [-0.2, 0) is 6.42 Å². The Labute approximate surface area is 137 Å². The normalized spacial score (nSPS) is 23.2. The average molecular weight is 344 g/mol. The van der Waals surface area contributed by atoms with Crippen molar-refractivity contribution in [1.82, 2.24) is 10.2 Å². The molecule has 5 nitrogen and oxygen atoms in total. The number of halogens is 3. The van der Waals surface area contributed by atoms with Crippen LogP contribution in [-0.4, -0.2) is 53.6 Å². The molecule has 2 heterocycles. The Morgan fingerprint density at radius 1 is 1.29 bits per heavy atom. The minimum absolute atomic E-state index is 0.133. The number of urea groups is 1. The first-order chi connectivity index (χ1) is 11.3. The molecule has 1 saturated heterocycles. The number of hydrogen-bond acceptors (Lipinski definition) is 3. The molecule has 2 N–H and O–H groups in total. The van der Waals surface area contributed by atoms with Crippen LogP contribution in [0.5, 0.6) is 5.75 Å². The molecule has 0 aromatic heterocycles. The molecule has 3 rings (SSSR count). The van der Waals surface area contributed by atoms with Gasteiger partial charge in [0.15, 0.2) is 5.60 Å². The van der Waals surface area contributed by atoms with Crippen molar-refractivity contribution in [2.75, 3.05) is 19.7 Å². The summed E-state index contributed by atoms with van der Waals surface area (Å²) in [6.07, 6.45) is -5.07. The van der Waals surface area contributed by atoms with Gasteiger partial charge in [0, 0.05) is 25.9 Å². The molecule has 132 valence electrons. The van der Waals surface area contributed by atoms with Crippen molar-refractivity contribution >= 4 is 6.03 Å². The lowest BCUT2D eigenvalue weighted by Crippen LogP contribution is -2.57. The van der Waals surface area contributed by atoms with E-state index in [1.54, 1.807) is 0 Å². The molecule has 24 heavy (non-hydrogen) atoms. The van der Waals surface area contributed by atoms with Gasteiger partial charge >= 0.3 is 12.2 Å². The van der Waals surface area contributed by atoms with Gasteiger partial charge in [-0.15, -0.1) is 0 Å². The van der Waals surface area contributed by atoms with Gasteiger partial charge < -0.3 is 20.1 Å². The van der Waals surface area contributed by atoms with Gasteiger partial charge in [0.25, 0.3) is 0 Å². The Bertz CT molecular complexity index is 613. The topological polar surface area (TPSA) is 61.8 Å². The minimum Gasteiger partial charge on any atom is -0.491 e. The molecular weight excluding hydrogens is 325 g/mol. The van der Waals surface area contributed by atoms with Crippen molar-refractivity contribution in [3.05, 3.63) is 29.8 Å². The van der Waals surface area contributed by atoms with Crippen molar-refractivity contribution in [1.29, 1.82) is 0 Å². The van der Waals surface area contributed by atoms with Gasteiger partial charge in [-0.2, -0.15) is 13.2 Å². The van der Waals surface area contributed by atoms with E-state index in [2.05, 4.69) is 5.32 Å². The maximum absolute atomic E-state index is 12.8. The third-order valence-corrected chi connectivity index (χ3v) is 4.61. The number of piperidine rings is 1. The highest BCUT2D eigenvalue weighted by Crippen LogP contribution is 2.38. The third-order valence-electron chi connectivity index (χ3n) is 4.61. The van der Waals surface area contributed by atoms with Crippen LogP contribution in [0.1, 0.15) is 18.4 Å². The van der Waals surface area contributed by atoms with E-state index in [4.69, 9.17) is 4.74 Å². The summed E-state index contributed by atoms with van der Waals surface area (Å²) in [5.41, 5.74) is -1.71. The molecule has 0 bridgehead atoms. The molecule has 0 saturated carbocycles. The SMILES string of the molecule is O=C(NC1COc2ccccc2C1)N1CCC(O)(C(F)(F)F)CC1. The predicted octanol–water partition coefficient (Wildman–Crippen LogP) is 2.09. The fourth-order valence-electron chi connectivity index (χ4n) is 3.05. The van der Waals surface area contributed by atoms with E-state index in [0.717, 1.165) is 11.3 Å². The number of carbonyl (C=O) groups is 1. The lowest BCUT2D eigenvalue weighted by Gasteiger charge is -2.39. The summed E-state index contributed by atoms with van der Waals surface area (Å²) in [6.45, 7) is 0.0566. The first-order valence-corrected chi connectivity index (χ1v) is 7.84. The summed E-state index contributed by atoms with van der Waals surface area (Å²) in [5.74, 6) is 0.788. The number of fused-ring (bicyclic) bond motifs is 1. The largest absolute Gasteiger partial charge is 0.491 e. The first-order valence-electron chi connectivity index (χ1n) is 7.84. The van der Waals surface area contributed by atoms with E-state index < -0.39 is 30.7 Å². The van der Waals surface area contributed by atoms with Gasteiger partial charge in [0.05, 0.1) is 6.04 Å². The zero-order valence-electron chi connectivity index (χ0n) is 13.0. The molecule has 1 aromatic carbocycles. The van der Waals surface area contributed by atoms with Crippen molar-refractivity contribution in [3.63, 3.8) is 0 Å². The number of aliphatic hydroxyl groups is 1. The van der Waals surface area contributed by atoms with Crippen molar-refractivity contribution in [2.24, 2.45) is 0 Å². The van der Waals surface area contributed by atoms with Gasteiger partial charge in [-0.05, 0) is 18.1 Å². The number of rotatable bonds is 1. The molecule has 2 aliphatic rings. The number of ether oxygens (including phenoxy) is 1. The van der Waals surface area contributed by atoms with Gasteiger partial charge in [-0.25, -0.2) is 4.79 Å². The van der Waals surface area contributed by atoms with Crippen LogP contribution in [0.3, 0.4) is 0 Å². The Morgan fingerprint density at radius 2 is 1.96 bits per heavy atom. The molecule has 0 aliphatic carbocycles. The fourth-order valence-corrected chi connectivity index (χ4v) is 3.05. The lowest BCUT2D eigenvalue weighted by atomic mass is 9.91. The van der Waals surface area contributed by atoms with Crippen LogP contribution in [0.4, 0.5) is 18.0 Å². The molecule has 1 unspecified atom stereocenters. The van der Waals surface area contributed by atoms with Gasteiger partial charge in [-0.3, -0.25) is 0 Å². The zero-order valence-corrected chi connectivity index (χ0v) is 13.0. The molecule has 2 aliphatic heterocycles. The molecule has 1 aromatic rings. The van der Waals surface area contributed by atoms with Crippen molar-refractivity contribution in [2.45, 2.75) is 37.1 Å². The number of benzene rings is 1. The number of alkyl halides is 3. The van der Waals surface area contributed by atoms with E-state index in [0.29, 0.717) is 13.0 Å². The number of amides is 2. The van der Waals surface area contributed by atoms with E-state index in [9.17, 15) is 23.1 Å². The standard InChI is InChI=1S/C16H19F3N2O3/c17-16(18,19)15(23)5-7-21(8-6-15)14(22)20-12-9-11-3-1-2-4-13(11)24-10-12/h1-4,12,23H,5-10H2,(H,20,22). The molecule has 8 heteroatoms. The Kier molecular flexibility index (Phi) is 4.33. The first kappa shape index (κ1) is 16.9. The highest BCUT2D eigenvalue weighted by atomic mass is 19.4. The van der Waals surface area contributed by atoms with E-state index in [-0.39, 0.29) is 19.1 Å². The Morgan fingerprint density at radius 3 is 2.62 bits per heavy atom. The van der Waals surface area contributed by atoms with Gasteiger partial charge in [-0.1, -0.05) is 18.2 Å². The highest BCUT2D eigenvalue weighted by molar-refractivity contribution is 5.74. The van der Waals surface area contributed by atoms with Gasteiger partial charge in [0.2, 0.25) is 0 Å². The van der Waals surface area contributed by atoms with Crippen LogP contribution in [0.15, 0.2) is 24.3 Å². The molecular formula is C16H19F3N2O3. The second-order valence-electron chi connectivity index (χ2n) is 6.29. The second-order valence-corrected chi connectivity index (χ2v) is 6.29. The summed E-state index contributed by atoms with van der Waals surface area (Å²) >= 11 is 0. The smallest absolute Gasteiger partial charge is 0.417 e. The number of likely N-dealkylation sites (tertiary alicyclic amines) is 1. The monoisotopic (exact) mass is 344 g/mol. The molecule has 1 fully saturated rings. The minimum atomic E-state index is -4.67. The van der Waals surface area contributed by atoms with Gasteiger partial charge in [0.1, 0.15) is 12.4 Å². The summed E-state index contributed by atoms with van der Waals surface area (Å²) in [4.78, 5) is 13.5. The third kappa shape index (κ3) is 3.28. The van der Waals surface area contributed by atoms with E-state index >= 15 is 0 Å². The number of hydrogen-bond donors (Lipinski definition) is 2. The fraction of sp³-hybridized carbons (Fsp3) is 0.562. The average Bonchev–Trinajstić information content (AvgIpc) is 2.54. The van der Waals surface area contributed by atoms with Crippen LogP contribution in [0.25, 0.3) is 0 Å². The summed E-state index contributed by atoms with van der Waals surface area (Å²) in [5, 5.41) is 12.4. The summed E-state index contributed by atoms with van der Waals surface area (Å²) in [6, 6.07) is 6.87. The number of para-hydroxylation sites is 1. The number of carbonyl (C=O) groups excluding carboxylic acids is 1. The van der Waals surface area contributed by atoms with Crippen LogP contribution < -0.4 is 10.1 Å². The predicted molar refractivity (Wildman–Crippen MR) is 79.8 cm³/mol. The highest BCUT2D eigenvalue weighted by Gasteiger charge is 2.54. The van der Waals surface area contributed by atoms with Crippen LogP contribution in [0.2, 0.25) is 0 Å². The van der Waals surface area contributed by atoms with Crippen LogP contribution in [0, 0.1) is 0 Å². The second kappa shape index (κ2) is 6.16. The lowest BCUT2D eigenvalue weighted by molar-refractivity contribution is -0.271. The quantitative estimate of drug-likeness (QED) is 0.820. The zero-order chi connectivity index (χ0) is 17.4. The van der Waals surface area contributed by atoms with E-state index in [1.807, 2.05) is 24.3 Å². The Balaban J connectivity index is 1.54. The molecule has 0 radical (unpaired) electrons. The summed E-state index contributed by atoms with van der Waals surface area (Å²) < 4.78 is 43.9. The molecule has 0 spiro atoms. The van der Waals surface area contributed by atoms with Crippen LogP contribution >= 0.6 is 0 Å². The molecule has 2 amide bonds. The number of nitrogens with zero attached hydrogens (tertiary/aromatic N) is 1. The maximum atomic E-state index is 12.8. The number of nitrogens with one attached hydrogen (secondary N) is 1. The van der Waals surface area contributed by atoms with E-state index in [1.165, 1.54) is 4.90 Å². The van der Waals surface area contributed by atoms with Crippen molar-refractivity contribution in [3.8, 4) is 5.75 Å². The summed E-state index contributed by atoms with van der Waals surface area (Å²) in [7, 11) is 0. The maximum Gasteiger partial charge on any atom is 0.417 e. The van der Waals surface area contributed by atoms with Crippen molar-refractivity contribution < 1.29 is 27.8 Å².